The highest BCUT2D eigenvalue weighted by Crippen LogP contribution is 2.20. The van der Waals surface area contributed by atoms with Crippen molar-refractivity contribution in [1.82, 2.24) is 5.43 Å². The molecule has 0 saturated heterocycles. The van der Waals surface area contributed by atoms with Gasteiger partial charge in [-0.2, -0.15) is 5.10 Å². The fourth-order valence-electron chi connectivity index (χ4n) is 2.67. The molecule has 3 aromatic rings. The molecule has 0 spiro atoms. The number of phenolic OH excluding ortho intramolecular Hbond substituents is 1. The number of benzene rings is 3. The molecule has 26 heavy (non-hydrogen) atoms. The molecule has 130 valence electrons. The van der Waals surface area contributed by atoms with E-state index in [2.05, 4.69) is 10.5 Å². The second kappa shape index (κ2) is 8.12. The Morgan fingerprint density at radius 1 is 0.885 bits per heavy atom. The molecule has 3 rings (SSSR count). The molecule has 0 bridgehead atoms. The van der Waals surface area contributed by atoms with E-state index in [-0.39, 0.29) is 11.7 Å². The van der Waals surface area contributed by atoms with Crippen molar-refractivity contribution in [2.24, 2.45) is 5.10 Å². The van der Waals surface area contributed by atoms with Crippen LogP contribution in [0.5, 0.6) is 5.75 Å². The van der Waals surface area contributed by atoms with Crippen molar-refractivity contribution in [2.75, 3.05) is 0 Å². The summed E-state index contributed by atoms with van der Waals surface area (Å²) in [5.41, 5.74) is 6.50. The number of carbonyl (C=O) groups is 1. The largest absolute Gasteiger partial charge is 0.507 e. The first-order chi connectivity index (χ1) is 12.7. The highest BCUT2D eigenvalue weighted by molar-refractivity contribution is 6.04. The van der Waals surface area contributed by atoms with Gasteiger partial charge in [0.25, 0.3) is 5.91 Å². The predicted molar refractivity (Wildman–Crippen MR) is 104 cm³/mol. The van der Waals surface area contributed by atoms with Crippen molar-refractivity contribution >= 4 is 11.6 Å². The second-order valence-electron chi connectivity index (χ2n) is 5.81. The van der Waals surface area contributed by atoms with Gasteiger partial charge in [-0.1, -0.05) is 61.5 Å². The number of hydrogen-bond acceptors (Lipinski definition) is 3. The van der Waals surface area contributed by atoms with Crippen LogP contribution in [0.4, 0.5) is 0 Å². The van der Waals surface area contributed by atoms with Crippen LogP contribution in [0.1, 0.15) is 29.3 Å². The van der Waals surface area contributed by atoms with Crippen molar-refractivity contribution in [2.45, 2.75) is 13.3 Å². The van der Waals surface area contributed by atoms with Gasteiger partial charge in [-0.05, 0) is 41.8 Å². The minimum atomic E-state index is -0.286. The average Bonchev–Trinajstić information content (AvgIpc) is 2.70. The number of hydrogen-bond donors (Lipinski definition) is 2. The average molecular weight is 344 g/mol. The summed E-state index contributed by atoms with van der Waals surface area (Å²) in [6.07, 6.45) is 0.588. The second-order valence-corrected chi connectivity index (χ2v) is 5.81. The number of phenols is 1. The molecule has 0 saturated carbocycles. The molecular formula is C22H20N2O2. The zero-order valence-electron chi connectivity index (χ0n) is 14.5. The van der Waals surface area contributed by atoms with Gasteiger partial charge in [-0.3, -0.25) is 4.79 Å². The van der Waals surface area contributed by atoms with Crippen molar-refractivity contribution in [3.8, 4) is 16.9 Å². The molecule has 1 amide bonds. The van der Waals surface area contributed by atoms with Crippen LogP contribution in [0.25, 0.3) is 11.1 Å². The lowest BCUT2D eigenvalue weighted by atomic mass is 10.0. The van der Waals surface area contributed by atoms with Gasteiger partial charge >= 0.3 is 0 Å². The van der Waals surface area contributed by atoms with E-state index in [1.165, 1.54) is 0 Å². The van der Waals surface area contributed by atoms with Crippen LogP contribution in [0.15, 0.2) is 84.0 Å². The Balaban J connectivity index is 1.74. The van der Waals surface area contributed by atoms with Crippen LogP contribution < -0.4 is 5.43 Å². The lowest BCUT2D eigenvalue weighted by Gasteiger charge is -2.07. The molecule has 4 nitrogen and oxygen atoms in total. The summed E-state index contributed by atoms with van der Waals surface area (Å²) in [5, 5.41) is 14.1. The van der Waals surface area contributed by atoms with Gasteiger partial charge < -0.3 is 5.11 Å². The topological polar surface area (TPSA) is 61.7 Å². The maximum atomic E-state index is 12.3. The molecule has 4 heteroatoms. The van der Waals surface area contributed by atoms with Crippen LogP contribution in [-0.4, -0.2) is 16.7 Å². The quantitative estimate of drug-likeness (QED) is 0.525. The monoisotopic (exact) mass is 344 g/mol. The fraction of sp³-hybridized carbons (Fsp3) is 0.0909. The molecule has 0 aliphatic carbocycles. The molecule has 0 fully saturated rings. The van der Waals surface area contributed by atoms with Crippen LogP contribution in [-0.2, 0) is 0 Å². The van der Waals surface area contributed by atoms with E-state index in [1.54, 1.807) is 30.3 Å². The van der Waals surface area contributed by atoms with Crippen LogP contribution >= 0.6 is 0 Å². The zero-order valence-corrected chi connectivity index (χ0v) is 14.5. The number of nitrogens with one attached hydrogen (secondary N) is 1. The molecule has 0 aliphatic heterocycles. The molecule has 0 heterocycles. The van der Waals surface area contributed by atoms with Crippen LogP contribution in [0, 0.1) is 0 Å². The van der Waals surface area contributed by atoms with Gasteiger partial charge in [0.1, 0.15) is 5.75 Å². The molecule has 0 aliphatic rings. The smallest absolute Gasteiger partial charge is 0.271 e. The number of nitrogens with zero attached hydrogens (tertiary/aromatic N) is 1. The van der Waals surface area contributed by atoms with Crippen molar-refractivity contribution < 1.29 is 9.90 Å². The Kier molecular flexibility index (Phi) is 5.44. The fourth-order valence-corrected chi connectivity index (χ4v) is 2.67. The van der Waals surface area contributed by atoms with E-state index in [4.69, 9.17) is 0 Å². The van der Waals surface area contributed by atoms with Crippen LogP contribution in [0.3, 0.4) is 0 Å². The lowest BCUT2D eigenvalue weighted by molar-refractivity contribution is 0.0955. The summed E-state index contributed by atoms with van der Waals surface area (Å²) in [7, 11) is 0. The van der Waals surface area contributed by atoms with Crippen molar-refractivity contribution in [1.29, 1.82) is 0 Å². The van der Waals surface area contributed by atoms with E-state index >= 15 is 0 Å². The summed E-state index contributed by atoms with van der Waals surface area (Å²) in [5.74, 6) is -0.138. The number of para-hydroxylation sites is 1. The number of hydrazone groups is 1. The summed E-state index contributed by atoms with van der Waals surface area (Å²) in [4.78, 5) is 12.3. The Bertz CT molecular complexity index is 916. The van der Waals surface area contributed by atoms with E-state index in [9.17, 15) is 9.90 Å². The van der Waals surface area contributed by atoms with E-state index < -0.39 is 0 Å². The molecule has 0 aromatic heterocycles. The Hall–Kier alpha value is -3.40. The third-order valence-electron chi connectivity index (χ3n) is 4.10. The van der Waals surface area contributed by atoms with Crippen molar-refractivity contribution in [3.63, 3.8) is 0 Å². The first-order valence-electron chi connectivity index (χ1n) is 8.50. The Labute approximate surface area is 152 Å². The van der Waals surface area contributed by atoms with Crippen LogP contribution in [0.2, 0.25) is 0 Å². The van der Waals surface area contributed by atoms with Crippen molar-refractivity contribution in [3.05, 3.63) is 90.0 Å². The number of aromatic hydroxyl groups is 1. The minimum Gasteiger partial charge on any atom is -0.507 e. The lowest BCUT2D eigenvalue weighted by Crippen LogP contribution is -2.20. The Morgan fingerprint density at radius 2 is 1.50 bits per heavy atom. The number of amides is 1. The summed E-state index contributed by atoms with van der Waals surface area (Å²) < 4.78 is 0. The Morgan fingerprint density at radius 3 is 2.15 bits per heavy atom. The third kappa shape index (κ3) is 3.98. The minimum absolute atomic E-state index is 0.148. The van der Waals surface area contributed by atoms with Gasteiger partial charge in [0.15, 0.2) is 0 Å². The maximum Gasteiger partial charge on any atom is 0.271 e. The van der Waals surface area contributed by atoms with E-state index in [1.807, 2.05) is 55.5 Å². The van der Waals surface area contributed by atoms with E-state index in [0.717, 1.165) is 11.1 Å². The van der Waals surface area contributed by atoms with Gasteiger partial charge in [-0.25, -0.2) is 5.43 Å². The molecule has 2 N–H and O–H groups in total. The van der Waals surface area contributed by atoms with E-state index in [0.29, 0.717) is 23.3 Å². The standard InChI is InChI=1S/C22H20N2O2/c1-2-20(19-10-6-7-11-21(19)25)23-24-22(26)18-14-12-17(13-15-18)16-8-4-3-5-9-16/h3-15,25H,2H2,1H3,(H,24,26)/b23-20+. The molecule has 0 unspecified atom stereocenters. The molecular weight excluding hydrogens is 324 g/mol. The van der Waals surface area contributed by atoms with Gasteiger partial charge in [-0.15, -0.1) is 0 Å². The maximum absolute atomic E-state index is 12.3. The summed E-state index contributed by atoms with van der Waals surface area (Å²) >= 11 is 0. The number of rotatable bonds is 5. The highest BCUT2D eigenvalue weighted by atomic mass is 16.3. The molecule has 0 radical (unpaired) electrons. The third-order valence-corrected chi connectivity index (χ3v) is 4.10. The first kappa shape index (κ1) is 17.4. The summed E-state index contributed by atoms with van der Waals surface area (Å²) in [6, 6.07) is 24.3. The first-order valence-corrected chi connectivity index (χ1v) is 8.50. The van der Waals surface area contributed by atoms with Gasteiger partial charge in [0.2, 0.25) is 0 Å². The number of carbonyl (C=O) groups excluding carboxylic acids is 1. The summed E-state index contributed by atoms with van der Waals surface area (Å²) in [6.45, 7) is 1.92. The molecule has 0 atom stereocenters. The SMILES string of the molecule is CC/C(=N\NC(=O)c1ccc(-c2ccccc2)cc1)c1ccccc1O. The van der Waals surface area contributed by atoms with Gasteiger partial charge in [0.05, 0.1) is 5.71 Å². The molecule has 3 aromatic carbocycles. The zero-order chi connectivity index (χ0) is 18.4. The highest BCUT2D eigenvalue weighted by Gasteiger charge is 2.09. The normalized spacial score (nSPS) is 11.2. The van der Waals surface area contributed by atoms with Gasteiger partial charge in [0, 0.05) is 11.1 Å². The predicted octanol–water partition coefficient (Wildman–Crippen LogP) is 4.60.